The van der Waals surface area contributed by atoms with Crippen molar-refractivity contribution in [3.05, 3.63) is 35.9 Å². The quantitative estimate of drug-likeness (QED) is 0.589. The van der Waals surface area contributed by atoms with Gasteiger partial charge in [0, 0.05) is 6.61 Å². The number of nitrogens with one attached hydrogen (secondary N) is 1. The van der Waals surface area contributed by atoms with Gasteiger partial charge in [-0.05, 0) is 30.9 Å². The summed E-state index contributed by atoms with van der Waals surface area (Å²) in [4.78, 5) is 0. The van der Waals surface area contributed by atoms with Gasteiger partial charge in [-0.15, -0.1) is 0 Å². The van der Waals surface area contributed by atoms with Gasteiger partial charge in [-0.25, -0.2) is 0 Å². The van der Waals surface area contributed by atoms with Gasteiger partial charge in [-0.3, -0.25) is 0 Å². The number of hydrogen-bond acceptors (Lipinski definition) is 3. The highest BCUT2D eigenvalue weighted by atomic mass is 16.3. The summed E-state index contributed by atoms with van der Waals surface area (Å²) >= 11 is 0. The fraction of sp³-hybridized carbons (Fsp3) is 0.600. The molecule has 3 N–H and O–H groups in total. The van der Waals surface area contributed by atoms with Gasteiger partial charge in [-0.2, -0.15) is 0 Å². The van der Waals surface area contributed by atoms with E-state index < -0.39 is 0 Å². The zero-order valence-corrected chi connectivity index (χ0v) is 11.2. The van der Waals surface area contributed by atoms with Gasteiger partial charge in [0.15, 0.2) is 0 Å². The van der Waals surface area contributed by atoms with Crippen molar-refractivity contribution in [3.8, 4) is 0 Å². The highest BCUT2D eigenvalue weighted by molar-refractivity contribution is 5.18. The molecular formula is C15H25NO2. The summed E-state index contributed by atoms with van der Waals surface area (Å²) in [7, 11) is 0. The molecule has 2 atom stereocenters. The lowest BCUT2D eigenvalue weighted by atomic mass is 10.0. The lowest BCUT2D eigenvalue weighted by Crippen LogP contribution is -2.25. The summed E-state index contributed by atoms with van der Waals surface area (Å²) in [6.07, 6.45) is 3.09. The molecule has 0 amide bonds. The van der Waals surface area contributed by atoms with Gasteiger partial charge in [0.1, 0.15) is 0 Å². The van der Waals surface area contributed by atoms with Crippen LogP contribution in [0, 0.1) is 5.92 Å². The van der Waals surface area contributed by atoms with Crippen LogP contribution in [0.2, 0.25) is 0 Å². The molecule has 3 nitrogen and oxygen atoms in total. The third kappa shape index (κ3) is 5.17. The Morgan fingerprint density at radius 2 is 1.83 bits per heavy atom. The van der Waals surface area contributed by atoms with Crippen LogP contribution in [-0.2, 0) is 0 Å². The Balaban J connectivity index is 2.28. The maximum Gasteiger partial charge on any atom is 0.0626 e. The summed E-state index contributed by atoms with van der Waals surface area (Å²) in [6, 6.07) is 10.0. The molecule has 0 radical (unpaired) electrons. The largest absolute Gasteiger partial charge is 0.396 e. The zero-order valence-electron chi connectivity index (χ0n) is 11.2. The van der Waals surface area contributed by atoms with E-state index in [9.17, 15) is 5.11 Å². The molecule has 102 valence electrons. The van der Waals surface area contributed by atoms with E-state index in [4.69, 9.17) is 5.11 Å². The molecule has 0 heterocycles. The van der Waals surface area contributed by atoms with E-state index in [1.807, 2.05) is 30.3 Å². The minimum absolute atomic E-state index is 0.0143. The number of hydrogen-bond donors (Lipinski definition) is 3. The first-order chi connectivity index (χ1) is 8.81. The van der Waals surface area contributed by atoms with E-state index in [1.165, 1.54) is 0 Å². The fourth-order valence-corrected chi connectivity index (χ4v) is 2.06. The second-order valence-corrected chi connectivity index (χ2v) is 4.70. The van der Waals surface area contributed by atoms with Crippen molar-refractivity contribution < 1.29 is 10.2 Å². The van der Waals surface area contributed by atoms with Gasteiger partial charge < -0.3 is 15.5 Å². The zero-order chi connectivity index (χ0) is 13.2. The molecule has 3 heteroatoms. The van der Waals surface area contributed by atoms with Crippen LogP contribution in [0.4, 0.5) is 0 Å². The molecular weight excluding hydrogens is 226 g/mol. The molecule has 1 rings (SSSR count). The third-order valence-corrected chi connectivity index (χ3v) is 3.40. The Hall–Kier alpha value is -0.900. The monoisotopic (exact) mass is 251 g/mol. The van der Waals surface area contributed by atoms with Gasteiger partial charge in [-0.1, -0.05) is 43.7 Å². The van der Waals surface area contributed by atoms with Crippen molar-refractivity contribution in [1.82, 2.24) is 5.32 Å². The molecule has 0 aliphatic heterocycles. The molecule has 1 aromatic carbocycles. The van der Waals surface area contributed by atoms with Crippen LogP contribution >= 0.6 is 0 Å². The van der Waals surface area contributed by atoms with E-state index in [2.05, 4.69) is 12.2 Å². The SMILES string of the molecule is CC[C@@H](CO)CCCN[C@H](CO)c1ccccc1. The second kappa shape index (κ2) is 9.09. The van der Waals surface area contributed by atoms with Gasteiger partial charge in [0.05, 0.1) is 12.6 Å². The summed E-state index contributed by atoms with van der Waals surface area (Å²) in [5.74, 6) is 0.413. The molecule has 0 spiro atoms. The lowest BCUT2D eigenvalue weighted by Gasteiger charge is -2.17. The van der Waals surface area contributed by atoms with Crippen LogP contribution in [0.25, 0.3) is 0 Å². The lowest BCUT2D eigenvalue weighted by molar-refractivity contribution is 0.209. The molecule has 0 aliphatic rings. The van der Waals surface area contributed by atoms with Crippen LogP contribution in [0.1, 0.15) is 37.8 Å². The average molecular weight is 251 g/mol. The Labute approximate surface area is 110 Å². The Bertz CT molecular complexity index is 299. The normalized spacial score (nSPS) is 14.4. The predicted molar refractivity (Wildman–Crippen MR) is 74.4 cm³/mol. The van der Waals surface area contributed by atoms with Crippen LogP contribution in [0.5, 0.6) is 0 Å². The van der Waals surface area contributed by atoms with E-state index in [-0.39, 0.29) is 19.3 Å². The molecule has 0 saturated heterocycles. The van der Waals surface area contributed by atoms with Gasteiger partial charge in [0.2, 0.25) is 0 Å². The number of rotatable bonds is 9. The first-order valence-corrected chi connectivity index (χ1v) is 6.81. The molecule has 0 unspecified atom stereocenters. The van der Waals surface area contributed by atoms with Crippen molar-refractivity contribution in [2.75, 3.05) is 19.8 Å². The van der Waals surface area contributed by atoms with E-state index in [0.29, 0.717) is 5.92 Å². The molecule has 1 aromatic rings. The summed E-state index contributed by atoms with van der Waals surface area (Å²) in [5.41, 5.74) is 1.12. The fourth-order valence-electron chi connectivity index (χ4n) is 2.06. The number of aliphatic hydroxyl groups is 2. The maximum atomic E-state index is 9.38. The molecule has 0 aromatic heterocycles. The van der Waals surface area contributed by atoms with Crippen molar-refractivity contribution >= 4 is 0 Å². The average Bonchev–Trinajstić information content (AvgIpc) is 2.44. The van der Waals surface area contributed by atoms with Crippen molar-refractivity contribution in [3.63, 3.8) is 0 Å². The third-order valence-electron chi connectivity index (χ3n) is 3.40. The van der Waals surface area contributed by atoms with Crippen molar-refractivity contribution in [2.24, 2.45) is 5.92 Å². The van der Waals surface area contributed by atoms with Crippen LogP contribution < -0.4 is 5.32 Å². The van der Waals surface area contributed by atoms with Crippen LogP contribution in [0.3, 0.4) is 0 Å². The predicted octanol–water partition coefficient (Wildman–Crippen LogP) is 2.11. The Kier molecular flexibility index (Phi) is 7.65. The minimum atomic E-state index is 0.0143. The highest BCUT2D eigenvalue weighted by Crippen LogP contribution is 2.13. The smallest absolute Gasteiger partial charge is 0.0626 e. The molecule has 0 fully saturated rings. The molecule has 0 bridgehead atoms. The molecule has 0 aliphatic carbocycles. The first kappa shape index (κ1) is 15.2. The minimum Gasteiger partial charge on any atom is -0.396 e. The topological polar surface area (TPSA) is 52.5 Å². The van der Waals surface area contributed by atoms with Crippen LogP contribution in [0.15, 0.2) is 30.3 Å². The van der Waals surface area contributed by atoms with Crippen molar-refractivity contribution in [1.29, 1.82) is 0 Å². The Morgan fingerprint density at radius 1 is 1.11 bits per heavy atom. The summed E-state index contributed by atoms with van der Waals surface area (Å²) in [6.45, 7) is 3.37. The maximum absolute atomic E-state index is 9.38. The molecule has 18 heavy (non-hydrogen) atoms. The summed E-state index contributed by atoms with van der Waals surface area (Å²) < 4.78 is 0. The van der Waals surface area contributed by atoms with Crippen LogP contribution in [-0.4, -0.2) is 30.0 Å². The number of benzene rings is 1. The second-order valence-electron chi connectivity index (χ2n) is 4.70. The van der Waals surface area contributed by atoms with E-state index in [0.717, 1.165) is 31.4 Å². The van der Waals surface area contributed by atoms with Gasteiger partial charge in [0.25, 0.3) is 0 Å². The highest BCUT2D eigenvalue weighted by Gasteiger charge is 2.09. The van der Waals surface area contributed by atoms with Crippen molar-refractivity contribution in [2.45, 2.75) is 32.2 Å². The standard InChI is InChI=1S/C15H25NO2/c1-2-13(11-17)7-6-10-16-15(12-18)14-8-4-3-5-9-14/h3-5,8-9,13,15-18H,2,6-7,10-12H2,1H3/t13-,15-/m1/s1. The Morgan fingerprint density at radius 3 is 2.39 bits per heavy atom. The first-order valence-electron chi connectivity index (χ1n) is 6.81. The van der Waals surface area contributed by atoms with E-state index in [1.54, 1.807) is 0 Å². The van der Waals surface area contributed by atoms with E-state index >= 15 is 0 Å². The summed E-state index contributed by atoms with van der Waals surface area (Å²) in [5, 5.41) is 21.8. The number of aliphatic hydroxyl groups excluding tert-OH is 2. The molecule has 0 saturated carbocycles. The van der Waals surface area contributed by atoms with Gasteiger partial charge >= 0.3 is 0 Å².